The Kier molecular flexibility index (Phi) is 15.1. The van der Waals surface area contributed by atoms with E-state index in [1.54, 1.807) is 0 Å². The van der Waals surface area contributed by atoms with Gasteiger partial charge in [-0.3, -0.25) is 0 Å². The van der Waals surface area contributed by atoms with Crippen LogP contribution in [0.15, 0.2) is 91.0 Å². The molecule has 0 aliphatic carbocycles. The molecule has 3 rings (SSSR count). The third-order valence-electron chi connectivity index (χ3n) is 4.44. The van der Waals surface area contributed by atoms with Crippen LogP contribution in [0.5, 0.6) is 0 Å². The SMILES string of the molecule is CCCC[P+](c1ccccc1)(c1ccccc1)c1ccccc1.CC[PH3+].[Br-].[Br-]. The molecule has 0 radical (unpaired) electrons. The maximum Gasteiger partial charge on any atom is 0.112 e. The molecule has 3 aromatic carbocycles. The van der Waals surface area contributed by atoms with E-state index >= 15 is 0 Å². The van der Waals surface area contributed by atoms with Crippen molar-refractivity contribution in [1.82, 2.24) is 0 Å². The number of unbranched alkanes of at least 4 members (excludes halogenated alkanes) is 1. The molecule has 152 valence electrons. The van der Waals surface area contributed by atoms with E-state index in [0.717, 1.165) is 0 Å². The Morgan fingerprint density at radius 1 is 0.607 bits per heavy atom. The van der Waals surface area contributed by atoms with Crippen molar-refractivity contribution in [2.45, 2.75) is 26.7 Å². The molecule has 0 saturated carbocycles. The van der Waals surface area contributed by atoms with Gasteiger partial charge in [-0.15, -0.1) is 0 Å². The lowest BCUT2D eigenvalue weighted by molar-refractivity contribution is -0.001000. The lowest BCUT2D eigenvalue weighted by atomic mass is 10.3. The van der Waals surface area contributed by atoms with Crippen molar-refractivity contribution in [1.29, 1.82) is 0 Å². The zero-order valence-corrected chi connectivity index (χ0v) is 22.4. The highest BCUT2D eigenvalue weighted by molar-refractivity contribution is 7.95. The molecule has 1 atom stereocenters. The highest BCUT2D eigenvalue weighted by atomic mass is 79.9. The third-order valence-corrected chi connectivity index (χ3v) is 8.96. The third kappa shape index (κ3) is 7.07. The van der Waals surface area contributed by atoms with Crippen molar-refractivity contribution >= 4 is 32.4 Å². The van der Waals surface area contributed by atoms with Crippen molar-refractivity contribution in [3.05, 3.63) is 91.0 Å². The van der Waals surface area contributed by atoms with E-state index in [-0.39, 0.29) is 34.0 Å². The minimum Gasteiger partial charge on any atom is -1.00 e. The number of halogens is 2. The molecule has 0 amide bonds. The summed E-state index contributed by atoms with van der Waals surface area (Å²) in [5.74, 6) is 0. The van der Waals surface area contributed by atoms with E-state index in [2.05, 4.69) is 105 Å². The lowest BCUT2D eigenvalue weighted by Gasteiger charge is -2.27. The molecule has 0 heterocycles. The van der Waals surface area contributed by atoms with Gasteiger partial charge in [-0.2, -0.15) is 0 Å². The fourth-order valence-electron chi connectivity index (χ4n) is 3.28. The van der Waals surface area contributed by atoms with Crippen molar-refractivity contribution < 1.29 is 34.0 Å². The summed E-state index contributed by atoms with van der Waals surface area (Å²) in [6.07, 6.45) is 5.00. The second-order valence-electron chi connectivity index (χ2n) is 6.39. The Morgan fingerprint density at radius 3 is 1.14 bits per heavy atom. The molecular formula is C24H32Br2P2. The normalized spacial score (nSPS) is 10.1. The van der Waals surface area contributed by atoms with Crippen LogP contribution in [0.2, 0.25) is 0 Å². The zero-order valence-electron chi connectivity index (χ0n) is 16.9. The minimum absolute atomic E-state index is 0. The van der Waals surface area contributed by atoms with E-state index in [9.17, 15) is 0 Å². The Bertz CT molecular complexity index is 638. The van der Waals surface area contributed by atoms with Gasteiger partial charge >= 0.3 is 0 Å². The van der Waals surface area contributed by atoms with Gasteiger partial charge in [0.05, 0.1) is 6.16 Å². The van der Waals surface area contributed by atoms with Gasteiger partial charge < -0.3 is 34.0 Å². The molecule has 1 unspecified atom stereocenters. The van der Waals surface area contributed by atoms with Gasteiger partial charge in [-0.05, 0) is 59.0 Å². The molecule has 0 bridgehead atoms. The quantitative estimate of drug-likeness (QED) is 0.366. The molecular weight excluding hydrogens is 510 g/mol. The molecule has 0 saturated heterocycles. The maximum absolute atomic E-state index is 2.32. The highest BCUT2D eigenvalue weighted by Gasteiger charge is 2.44. The van der Waals surface area contributed by atoms with E-state index in [4.69, 9.17) is 0 Å². The summed E-state index contributed by atoms with van der Waals surface area (Å²) in [5.41, 5.74) is 0. The minimum atomic E-state index is -1.57. The Hall–Kier alpha value is -0.520. The maximum atomic E-state index is 2.32. The fourth-order valence-corrected chi connectivity index (χ4v) is 7.78. The van der Waals surface area contributed by atoms with Crippen LogP contribution in [0.25, 0.3) is 0 Å². The lowest BCUT2D eigenvalue weighted by Crippen LogP contribution is -3.00. The second-order valence-corrected chi connectivity index (χ2v) is 11.0. The first-order chi connectivity index (χ1) is 12.8. The predicted molar refractivity (Wildman–Crippen MR) is 127 cm³/mol. The molecule has 3 aromatic rings. The smallest absolute Gasteiger partial charge is 0.112 e. The van der Waals surface area contributed by atoms with Gasteiger partial charge in [0.1, 0.15) is 23.2 Å². The van der Waals surface area contributed by atoms with Gasteiger partial charge in [0.2, 0.25) is 0 Å². The molecule has 0 fully saturated rings. The summed E-state index contributed by atoms with van der Waals surface area (Å²) in [6.45, 7) is 4.42. The molecule has 0 aliphatic rings. The Balaban J connectivity index is 0.00000137. The van der Waals surface area contributed by atoms with Crippen molar-refractivity contribution in [3.8, 4) is 0 Å². The van der Waals surface area contributed by atoms with Crippen molar-refractivity contribution in [2.75, 3.05) is 12.3 Å². The van der Waals surface area contributed by atoms with E-state index in [1.807, 2.05) is 9.24 Å². The van der Waals surface area contributed by atoms with Crippen LogP contribution in [-0.2, 0) is 0 Å². The Labute approximate surface area is 195 Å². The summed E-state index contributed by atoms with van der Waals surface area (Å²) in [6, 6.07) is 33.4. The largest absolute Gasteiger partial charge is 1.00 e. The Morgan fingerprint density at radius 2 is 0.893 bits per heavy atom. The van der Waals surface area contributed by atoms with Gasteiger partial charge in [-0.1, -0.05) is 67.9 Å². The van der Waals surface area contributed by atoms with E-state index < -0.39 is 7.26 Å². The van der Waals surface area contributed by atoms with Gasteiger partial charge in [0.25, 0.3) is 0 Å². The monoisotopic (exact) mass is 540 g/mol. The van der Waals surface area contributed by atoms with E-state index in [0.29, 0.717) is 0 Å². The summed E-state index contributed by atoms with van der Waals surface area (Å²) < 4.78 is 0. The molecule has 28 heavy (non-hydrogen) atoms. The number of hydrogen-bond donors (Lipinski definition) is 0. The summed E-state index contributed by atoms with van der Waals surface area (Å²) in [4.78, 5) is 0. The molecule has 0 N–H and O–H groups in total. The average molecular weight is 542 g/mol. The van der Waals surface area contributed by atoms with Crippen LogP contribution in [0.3, 0.4) is 0 Å². The molecule has 0 aliphatic heterocycles. The first kappa shape index (κ1) is 27.5. The molecule has 0 spiro atoms. The van der Waals surface area contributed by atoms with Crippen LogP contribution in [0.4, 0.5) is 0 Å². The average Bonchev–Trinajstić information content (AvgIpc) is 2.72. The first-order valence-electron chi connectivity index (χ1n) is 9.63. The van der Waals surface area contributed by atoms with E-state index in [1.165, 1.54) is 41.1 Å². The second kappa shape index (κ2) is 15.3. The van der Waals surface area contributed by atoms with Crippen LogP contribution in [0.1, 0.15) is 26.7 Å². The van der Waals surface area contributed by atoms with Crippen LogP contribution >= 0.6 is 16.5 Å². The number of rotatable bonds is 6. The van der Waals surface area contributed by atoms with Crippen molar-refractivity contribution in [3.63, 3.8) is 0 Å². The molecule has 0 nitrogen and oxygen atoms in total. The predicted octanol–water partition coefficient (Wildman–Crippen LogP) is -0.598. The zero-order chi connectivity index (χ0) is 18.7. The summed E-state index contributed by atoms with van der Waals surface area (Å²) >= 11 is 0. The summed E-state index contributed by atoms with van der Waals surface area (Å²) in [5, 5.41) is 4.47. The standard InChI is InChI=1S/C22H24P.C2H7P.2BrH/c1-2-3-19-23(20-13-7-4-8-14-20,21-15-9-5-10-16-21)22-17-11-6-12-18-22;1-2-3;;/h4-18H,2-3,19H2,1H3;2-3H2,1H3;2*1H/q+1;;;/p-1. The first-order valence-corrected chi connectivity index (χ1v) is 12.6. The molecule has 4 heteroatoms. The van der Waals surface area contributed by atoms with Crippen LogP contribution in [0, 0.1) is 0 Å². The van der Waals surface area contributed by atoms with Crippen LogP contribution in [-0.4, -0.2) is 12.3 Å². The number of benzene rings is 3. The summed E-state index contributed by atoms with van der Waals surface area (Å²) in [7, 11) is 0.404. The van der Waals surface area contributed by atoms with Crippen molar-refractivity contribution in [2.24, 2.45) is 0 Å². The molecule has 0 aromatic heterocycles. The topological polar surface area (TPSA) is 0 Å². The van der Waals surface area contributed by atoms with Gasteiger partial charge in [0.15, 0.2) is 0 Å². The fraction of sp³-hybridized carbons (Fsp3) is 0.250. The number of hydrogen-bond acceptors (Lipinski definition) is 0. The van der Waals surface area contributed by atoms with Gasteiger partial charge in [-0.25, -0.2) is 0 Å². The highest BCUT2D eigenvalue weighted by Crippen LogP contribution is 2.55. The van der Waals surface area contributed by atoms with Crippen LogP contribution < -0.4 is 49.9 Å². The van der Waals surface area contributed by atoms with Gasteiger partial charge in [0, 0.05) is 6.16 Å².